The molecular formula is C16H24N2O2. The van der Waals surface area contributed by atoms with Crippen molar-refractivity contribution in [2.45, 2.75) is 38.5 Å². The smallest absolute Gasteiger partial charge is 0.411 e. The number of carbonyl (C=O) groups excluding carboxylic acids is 1. The summed E-state index contributed by atoms with van der Waals surface area (Å²) >= 11 is 0. The van der Waals surface area contributed by atoms with E-state index < -0.39 is 6.09 Å². The van der Waals surface area contributed by atoms with E-state index in [1.54, 1.807) is 0 Å². The third-order valence-corrected chi connectivity index (χ3v) is 3.90. The monoisotopic (exact) mass is 276 g/mol. The molecule has 1 aliphatic rings. The minimum atomic E-state index is -0.440. The summed E-state index contributed by atoms with van der Waals surface area (Å²) in [5.74, 6) is 0.882. The first kappa shape index (κ1) is 14.7. The van der Waals surface area contributed by atoms with Crippen molar-refractivity contribution in [3.63, 3.8) is 0 Å². The summed E-state index contributed by atoms with van der Waals surface area (Å²) in [4.78, 5) is 11.2. The second kappa shape index (κ2) is 7.78. The van der Waals surface area contributed by atoms with Gasteiger partial charge in [-0.2, -0.15) is 0 Å². The lowest BCUT2D eigenvalue weighted by molar-refractivity contribution is 0.187. The topological polar surface area (TPSA) is 50.4 Å². The van der Waals surface area contributed by atoms with E-state index in [9.17, 15) is 4.79 Å². The molecule has 20 heavy (non-hydrogen) atoms. The van der Waals surface area contributed by atoms with Gasteiger partial charge in [-0.15, -0.1) is 0 Å². The van der Waals surface area contributed by atoms with Crippen molar-refractivity contribution in [2.24, 2.45) is 5.92 Å². The molecule has 1 aromatic rings. The fourth-order valence-electron chi connectivity index (χ4n) is 2.77. The number of amides is 1. The lowest BCUT2D eigenvalue weighted by Crippen LogP contribution is -2.13. The summed E-state index contributed by atoms with van der Waals surface area (Å²) in [5.41, 5.74) is 1.79. The Balaban J connectivity index is 1.77. The summed E-state index contributed by atoms with van der Waals surface area (Å²) < 4.78 is 4.58. The van der Waals surface area contributed by atoms with Crippen molar-refractivity contribution < 1.29 is 9.53 Å². The zero-order valence-electron chi connectivity index (χ0n) is 12.2. The zero-order valence-corrected chi connectivity index (χ0v) is 12.2. The van der Waals surface area contributed by atoms with Crippen LogP contribution < -0.4 is 10.6 Å². The molecule has 0 radical (unpaired) electrons. The van der Waals surface area contributed by atoms with Crippen molar-refractivity contribution in [3.8, 4) is 0 Å². The zero-order chi connectivity index (χ0) is 14.2. The maximum absolute atomic E-state index is 11.2. The molecule has 1 amide bonds. The summed E-state index contributed by atoms with van der Waals surface area (Å²) in [6.45, 7) is 0.992. The van der Waals surface area contributed by atoms with Gasteiger partial charge in [-0.1, -0.05) is 38.2 Å². The molecule has 0 spiro atoms. The van der Waals surface area contributed by atoms with E-state index in [0.717, 1.165) is 23.8 Å². The summed E-state index contributed by atoms with van der Waals surface area (Å²) in [6, 6.07) is 7.72. The highest BCUT2D eigenvalue weighted by molar-refractivity contribution is 5.85. The van der Waals surface area contributed by atoms with Crippen LogP contribution in [-0.2, 0) is 4.74 Å². The van der Waals surface area contributed by atoms with E-state index in [-0.39, 0.29) is 0 Å². The normalized spacial score (nSPS) is 15.7. The van der Waals surface area contributed by atoms with E-state index in [2.05, 4.69) is 15.4 Å². The van der Waals surface area contributed by atoms with Crippen LogP contribution in [-0.4, -0.2) is 19.7 Å². The number of nitrogens with one attached hydrogen (secondary N) is 2. The predicted octanol–water partition coefficient (Wildman–Crippen LogP) is 4.25. The van der Waals surface area contributed by atoms with E-state index in [4.69, 9.17) is 0 Å². The quantitative estimate of drug-likeness (QED) is 0.845. The van der Waals surface area contributed by atoms with Gasteiger partial charge in [-0.3, -0.25) is 5.32 Å². The average Bonchev–Trinajstić information content (AvgIpc) is 2.48. The van der Waals surface area contributed by atoms with Gasteiger partial charge in [-0.25, -0.2) is 4.79 Å². The van der Waals surface area contributed by atoms with E-state index in [1.807, 2.05) is 24.3 Å². The molecule has 1 saturated carbocycles. The second-order valence-corrected chi connectivity index (χ2v) is 5.42. The maximum Gasteiger partial charge on any atom is 0.411 e. The highest BCUT2D eigenvalue weighted by Crippen LogP contribution is 2.26. The van der Waals surface area contributed by atoms with Crippen LogP contribution in [0.4, 0.5) is 16.2 Å². The van der Waals surface area contributed by atoms with Crippen LogP contribution in [0.25, 0.3) is 0 Å². The number of anilines is 2. The van der Waals surface area contributed by atoms with Crippen molar-refractivity contribution in [3.05, 3.63) is 24.3 Å². The number of hydrogen-bond donors (Lipinski definition) is 2. The average molecular weight is 276 g/mol. The largest absolute Gasteiger partial charge is 0.453 e. The Labute approximate surface area is 120 Å². The highest BCUT2D eigenvalue weighted by Gasteiger charge is 2.12. The molecule has 2 rings (SSSR count). The van der Waals surface area contributed by atoms with Crippen LogP contribution in [0.1, 0.15) is 38.5 Å². The fourth-order valence-corrected chi connectivity index (χ4v) is 2.77. The summed E-state index contributed by atoms with van der Waals surface area (Å²) in [5, 5.41) is 6.10. The first-order chi connectivity index (χ1) is 9.78. The molecule has 0 heterocycles. The second-order valence-electron chi connectivity index (χ2n) is 5.42. The molecule has 4 heteroatoms. The maximum atomic E-state index is 11.2. The number of ether oxygens (including phenoxy) is 1. The van der Waals surface area contributed by atoms with Crippen LogP contribution in [0, 0.1) is 5.92 Å². The van der Waals surface area contributed by atoms with Crippen LogP contribution in [0.5, 0.6) is 0 Å². The molecule has 0 unspecified atom stereocenters. The molecule has 0 bridgehead atoms. The molecule has 2 N–H and O–H groups in total. The van der Waals surface area contributed by atoms with Gasteiger partial charge in [0.2, 0.25) is 0 Å². The number of methoxy groups -OCH3 is 1. The first-order valence-corrected chi connectivity index (χ1v) is 7.47. The molecule has 0 aliphatic heterocycles. The Hall–Kier alpha value is -1.71. The van der Waals surface area contributed by atoms with Gasteiger partial charge in [0.25, 0.3) is 0 Å². The van der Waals surface area contributed by atoms with Gasteiger partial charge in [0, 0.05) is 17.9 Å². The number of rotatable bonds is 5. The van der Waals surface area contributed by atoms with Gasteiger partial charge in [-0.05, 0) is 30.5 Å². The SMILES string of the molecule is COC(=O)Nc1cccc(NCCC2CCCCC2)c1. The van der Waals surface area contributed by atoms with E-state index >= 15 is 0 Å². The summed E-state index contributed by atoms with van der Waals surface area (Å²) in [6.07, 6.45) is 7.74. The van der Waals surface area contributed by atoms with Crippen LogP contribution in [0.15, 0.2) is 24.3 Å². The van der Waals surface area contributed by atoms with E-state index in [1.165, 1.54) is 45.6 Å². The van der Waals surface area contributed by atoms with Crippen molar-refractivity contribution >= 4 is 17.5 Å². The standard InChI is InChI=1S/C16H24N2O2/c1-20-16(19)18-15-9-5-8-14(12-15)17-11-10-13-6-3-2-4-7-13/h5,8-9,12-13,17H,2-4,6-7,10-11H2,1H3,(H,18,19). The molecule has 0 saturated heterocycles. The lowest BCUT2D eigenvalue weighted by Gasteiger charge is -2.21. The third-order valence-electron chi connectivity index (χ3n) is 3.90. The predicted molar refractivity (Wildman–Crippen MR) is 82.2 cm³/mol. The number of benzene rings is 1. The van der Waals surface area contributed by atoms with Gasteiger partial charge in [0.05, 0.1) is 7.11 Å². The highest BCUT2D eigenvalue weighted by atomic mass is 16.5. The summed E-state index contributed by atoms with van der Waals surface area (Å²) in [7, 11) is 1.36. The Morgan fingerprint density at radius 1 is 1.25 bits per heavy atom. The Kier molecular flexibility index (Phi) is 5.71. The Morgan fingerprint density at radius 2 is 2.00 bits per heavy atom. The van der Waals surface area contributed by atoms with Gasteiger partial charge in [0.15, 0.2) is 0 Å². The molecule has 1 aliphatic carbocycles. The van der Waals surface area contributed by atoms with E-state index in [0.29, 0.717) is 0 Å². The van der Waals surface area contributed by atoms with Gasteiger partial charge >= 0.3 is 6.09 Å². The van der Waals surface area contributed by atoms with Crippen LogP contribution in [0.2, 0.25) is 0 Å². The van der Waals surface area contributed by atoms with Crippen LogP contribution in [0.3, 0.4) is 0 Å². The van der Waals surface area contributed by atoms with Crippen LogP contribution >= 0.6 is 0 Å². The number of carbonyl (C=O) groups is 1. The molecular weight excluding hydrogens is 252 g/mol. The third kappa shape index (κ3) is 4.76. The lowest BCUT2D eigenvalue weighted by atomic mass is 9.87. The van der Waals surface area contributed by atoms with Gasteiger partial charge in [0.1, 0.15) is 0 Å². The minimum Gasteiger partial charge on any atom is -0.453 e. The molecule has 0 aromatic heterocycles. The Bertz CT molecular complexity index is 428. The molecule has 4 nitrogen and oxygen atoms in total. The molecule has 0 atom stereocenters. The fraction of sp³-hybridized carbons (Fsp3) is 0.562. The van der Waals surface area contributed by atoms with Crippen molar-refractivity contribution in [2.75, 3.05) is 24.3 Å². The molecule has 1 fully saturated rings. The first-order valence-electron chi connectivity index (χ1n) is 7.47. The Morgan fingerprint density at radius 3 is 2.75 bits per heavy atom. The van der Waals surface area contributed by atoms with Crippen molar-refractivity contribution in [1.29, 1.82) is 0 Å². The number of hydrogen-bond acceptors (Lipinski definition) is 3. The minimum absolute atomic E-state index is 0.440. The molecule has 110 valence electrons. The molecule has 1 aromatic carbocycles. The van der Waals surface area contributed by atoms with Crippen molar-refractivity contribution in [1.82, 2.24) is 0 Å². The van der Waals surface area contributed by atoms with Gasteiger partial charge < -0.3 is 10.1 Å².